The lowest BCUT2D eigenvalue weighted by Crippen LogP contribution is -2.48. The summed E-state index contributed by atoms with van der Waals surface area (Å²) in [5.74, 6) is 0.0682. The lowest BCUT2D eigenvalue weighted by molar-refractivity contribution is 0.0746. The minimum absolute atomic E-state index is 0.0169. The number of benzene rings is 2. The van der Waals surface area contributed by atoms with E-state index >= 15 is 0 Å². The molecule has 2 aliphatic rings. The van der Waals surface area contributed by atoms with Gasteiger partial charge in [0.15, 0.2) is 0 Å². The van der Waals surface area contributed by atoms with Gasteiger partial charge in [-0.15, -0.1) is 0 Å². The van der Waals surface area contributed by atoms with Gasteiger partial charge in [-0.3, -0.25) is 9.59 Å². The van der Waals surface area contributed by atoms with Crippen LogP contribution in [0.15, 0.2) is 54.6 Å². The highest BCUT2D eigenvalue weighted by Crippen LogP contribution is 2.18. The molecule has 29 heavy (non-hydrogen) atoms. The van der Waals surface area contributed by atoms with Crippen molar-refractivity contribution in [1.29, 1.82) is 0 Å². The average molecular weight is 392 g/mol. The van der Waals surface area contributed by atoms with Crippen molar-refractivity contribution >= 4 is 17.5 Å². The Morgan fingerprint density at radius 3 is 1.72 bits per heavy atom. The van der Waals surface area contributed by atoms with Crippen LogP contribution >= 0.6 is 0 Å². The Morgan fingerprint density at radius 2 is 1.14 bits per heavy atom. The summed E-state index contributed by atoms with van der Waals surface area (Å²) in [7, 11) is 0. The van der Waals surface area contributed by atoms with Crippen molar-refractivity contribution in [2.24, 2.45) is 0 Å². The summed E-state index contributed by atoms with van der Waals surface area (Å²) < 4.78 is 0. The number of carbonyl (C=O) groups is 2. The molecule has 0 unspecified atom stereocenters. The first-order chi connectivity index (χ1) is 14.2. The summed E-state index contributed by atoms with van der Waals surface area (Å²) in [4.78, 5) is 32.1. The second kappa shape index (κ2) is 9.12. The van der Waals surface area contributed by atoms with Crippen molar-refractivity contribution < 1.29 is 9.59 Å². The lowest BCUT2D eigenvalue weighted by Gasteiger charge is -2.36. The van der Waals surface area contributed by atoms with Gasteiger partial charge in [0.2, 0.25) is 0 Å². The average Bonchev–Trinajstić information content (AvgIpc) is 3.08. The molecule has 0 aromatic heterocycles. The molecule has 0 bridgehead atoms. The Bertz CT molecular complexity index is 836. The Morgan fingerprint density at radius 1 is 0.586 bits per heavy atom. The summed E-state index contributed by atoms with van der Waals surface area (Å²) in [6.45, 7) is 4.66. The Hall–Kier alpha value is -2.82. The Balaban J connectivity index is 1.40. The first-order valence-corrected chi connectivity index (χ1v) is 10.7. The molecule has 5 nitrogen and oxygen atoms in total. The molecular weight excluding hydrogens is 362 g/mol. The van der Waals surface area contributed by atoms with Crippen molar-refractivity contribution in [3.8, 4) is 0 Å². The molecule has 152 valence electrons. The number of hydrogen-bond acceptors (Lipinski definition) is 3. The minimum Gasteiger partial charge on any atom is -0.368 e. The Kier molecular flexibility index (Phi) is 6.13. The normalized spacial score (nSPS) is 17.7. The molecule has 0 atom stereocenters. The zero-order valence-electron chi connectivity index (χ0n) is 16.9. The number of piperazine rings is 1. The first-order valence-electron chi connectivity index (χ1n) is 10.7. The topological polar surface area (TPSA) is 43.9 Å². The minimum atomic E-state index is 0.0169. The van der Waals surface area contributed by atoms with Crippen molar-refractivity contribution in [1.82, 2.24) is 9.80 Å². The molecule has 0 saturated carbocycles. The molecule has 2 fully saturated rings. The van der Waals surface area contributed by atoms with Gasteiger partial charge in [0.1, 0.15) is 0 Å². The number of para-hydroxylation sites is 1. The van der Waals surface area contributed by atoms with E-state index in [4.69, 9.17) is 0 Å². The van der Waals surface area contributed by atoms with Crippen LogP contribution in [0.5, 0.6) is 0 Å². The summed E-state index contributed by atoms with van der Waals surface area (Å²) in [5.41, 5.74) is 2.43. The van der Waals surface area contributed by atoms with Gasteiger partial charge in [-0.1, -0.05) is 37.1 Å². The third kappa shape index (κ3) is 4.61. The van der Waals surface area contributed by atoms with E-state index in [0.717, 1.165) is 39.0 Å². The van der Waals surface area contributed by atoms with Crippen molar-refractivity contribution in [2.45, 2.75) is 25.7 Å². The van der Waals surface area contributed by atoms with E-state index in [1.165, 1.54) is 18.5 Å². The monoisotopic (exact) mass is 391 g/mol. The standard InChI is InChI=1S/C24H29N3O2/c28-23(26-13-6-1-2-7-14-26)20-9-8-10-21(19-20)24(29)27-17-15-25(16-18-27)22-11-4-3-5-12-22/h3-5,8-12,19H,1-2,6-7,13-18H2. The summed E-state index contributed by atoms with van der Waals surface area (Å²) >= 11 is 0. The molecule has 0 radical (unpaired) electrons. The number of rotatable bonds is 3. The van der Waals surface area contributed by atoms with Crippen molar-refractivity contribution in [3.63, 3.8) is 0 Å². The van der Waals surface area contributed by atoms with E-state index in [1.54, 1.807) is 6.07 Å². The highest BCUT2D eigenvalue weighted by molar-refractivity contribution is 5.99. The molecular formula is C24H29N3O2. The van der Waals surface area contributed by atoms with E-state index in [1.807, 2.05) is 46.2 Å². The van der Waals surface area contributed by atoms with Gasteiger partial charge >= 0.3 is 0 Å². The van der Waals surface area contributed by atoms with Gasteiger partial charge in [-0.2, -0.15) is 0 Å². The fraction of sp³-hybridized carbons (Fsp3) is 0.417. The number of amides is 2. The molecule has 2 saturated heterocycles. The van der Waals surface area contributed by atoms with E-state index in [2.05, 4.69) is 17.0 Å². The van der Waals surface area contributed by atoms with Gasteiger partial charge in [-0.05, 0) is 43.2 Å². The molecule has 2 heterocycles. The van der Waals surface area contributed by atoms with Crippen LogP contribution in [0.4, 0.5) is 5.69 Å². The summed E-state index contributed by atoms with van der Waals surface area (Å²) in [6.07, 6.45) is 4.51. The number of nitrogens with zero attached hydrogens (tertiary/aromatic N) is 3. The quantitative estimate of drug-likeness (QED) is 0.802. The maximum atomic E-state index is 13.0. The fourth-order valence-corrected chi connectivity index (χ4v) is 4.23. The number of hydrogen-bond donors (Lipinski definition) is 0. The largest absolute Gasteiger partial charge is 0.368 e. The van der Waals surface area contributed by atoms with E-state index in [9.17, 15) is 9.59 Å². The highest BCUT2D eigenvalue weighted by atomic mass is 16.2. The third-order valence-corrected chi connectivity index (χ3v) is 5.94. The van der Waals surface area contributed by atoms with Crippen LogP contribution in [-0.2, 0) is 0 Å². The first kappa shape index (κ1) is 19.5. The molecule has 2 amide bonds. The number of carbonyl (C=O) groups excluding carboxylic acids is 2. The van der Waals surface area contributed by atoms with Gasteiger partial charge < -0.3 is 14.7 Å². The molecule has 0 spiro atoms. The van der Waals surface area contributed by atoms with Crippen LogP contribution in [0.25, 0.3) is 0 Å². The van der Waals surface area contributed by atoms with Gasteiger partial charge in [-0.25, -0.2) is 0 Å². The Labute approximate surface area is 172 Å². The van der Waals surface area contributed by atoms with Gasteiger partial charge in [0.25, 0.3) is 11.8 Å². The van der Waals surface area contributed by atoms with E-state index in [0.29, 0.717) is 24.2 Å². The molecule has 2 aromatic rings. The molecule has 0 aliphatic carbocycles. The van der Waals surface area contributed by atoms with Gasteiger partial charge in [0, 0.05) is 56.1 Å². The van der Waals surface area contributed by atoms with E-state index in [-0.39, 0.29) is 11.8 Å². The molecule has 2 aliphatic heterocycles. The van der Waals surface area contributed by atoms with E-state index < -0.39 is 0 Å². The summed E-state index contributed by atoms with van der Waals surface area (Å²) in [5, 5.41) is 0. The SMILES string of the molecule is O=C(c1cccc(C(=O)N2CCN(c3ccccc3)CC2)c1)N1CCCCCC1. The number of anilines is 1. The zero-order chi connectivity index (χ0) is 20.1. The second-order valence-corrected chi connectivity index (χ2v) is 7.90. The molecule has 4 rings (SSSR count). The number of likely N-dealkylation sites (tertiary alicyclic amines) is 1. The van der Waals surface area contributed by atoms with Crippen LogP contribution in [0.1, 0.15) is 46.4 Å². The maximum Gasteiger partial charge on any atom is 0.253 e. The fourth-order valence-electron chi connectivity index (χ4n) is 4.23. The van der Waals surface area contributed by atoms with Crippen molar-refractivity contribution in [2.75, 3.05) is 44.2 Å². The van der Waals surface area contributed by atoms with Crippen molar-refractivity contribution in [3.05, 3.63) is 65.7 Å². The van der Waals surface area contributed by atoms with Crippen LogP contribution in [0, 0.1) is 0 Å². The summed E-state index contributed by atoms with van der Waals surface area (Å²) in [6, 6.07) is 17.6. The predicted octanol–water partition coefficient (Wildman–Crippen LogP) is 3.67. The second-order valence-electron chi connectivity index (χ2n) is 7.90. The van der Waals surface area contributed by atoms with Crippen LogP contribution in [0.2, 0.25) is 0 Å². The smallest absolute Gasteiger partial charge is 0.253 e. The molecule has 2 aromatic carbocycles. The molecule has 5 heteroatoms. The lowest BCUT2D eigenvalue weighted by atomic mass is 10.1. The third-order valence-electron chi connectivity index (χ3n) is 5.94. The molecule has 0 N–H and O–H groups in total. The predicted molar refractivity (Wildman–Crippen MR) is 115 cm³/mol. The van der Waals surface area contributed by atoms with Gasteiger partial charge in [0.05, 0.1) is 0 Å². The highest BCUT2D eigenvalue weighted by Gasteiger charge is 2.24. The van der Waals surface area contributed by atoms with Crippen LogP contribution in [-0.4, -0.2) is 60.9 Å². The van der Waals surface area contributed by atoms with Crippen LogP contribution < -0.4 is 4.90 Å². The zero-order valence-corrected chi connectivity index (χ0v) is 16.9. The van der Waals surface area contributed by atoms with Crippen LogP contribution in [0.3, 0.4) is 0 Å². The maximum absolute atomic E-state index is 13.0.